The number of hydrogen-bond acceptors (Lipinski definition) is 3. The zero-order chi connectivity index (χ0) is 15.0. The fourth-order valence-corrected chi connectivity index (χ4v) is 2.74. The van der Waals surface area contributed by atoms with Crippen LogP contribution in [0.2, 0.25) is 5.15 Å². The Bertz CT molecular complexity index is 705. The van der Waals surface area contributed by atoms with Gasteiger partial charge < -0.3 is 0 Å². The standard InChI is InChI=1S/C13H16BrClN4O/c1-7(2)13-16-10(15)5-11(20)19(13)6-9-12(14)8(3)17-18(9)4/h5,7H,6H2,1-4H3. The number of aryl methyl sites for hydroxylation is 2. The molecular weight excluding hydrogens is 344 g/mol. The van der Waals surface area contributed by atoms with Crippen LogP contribution in [-0.4, -0.2) is 19.3 Å². The van der Waals surface area contributed by atoms with Crippen LogP contribution in [0.1, 0.15) is 37.0 Å². The zero-order valence-electron chi connectivity index (χ0n) is 11.8. The molecule has 0 N–H and O–H groups in total. The van der Waals surface area contributed by atoms with Gasteiger partial charge in [0.2, 0.25) is 0 Å². The van der Waals surface area contributed by atoms with Gasteiger partial charge >= 0.3 is 0 Å². The van der Waals surface area contributed by atoms with Gasteiger partial charge in [-0.2, -0.15) is 5.10 Å². The van der Waals surface area contributed by atoms with E-state index in [1.807, 2.05) is 27.8 Å². The lowest BCUT2D eigenvalue weighted by Crippen LogP contribution is -2.26. The Kier molecular flexibility index (Phi) is 4.34. The van der Waals surface area contributed by atoms with Gasteiger partial charge in [0.15, 0.2) is 0 Å². The van der Waals surface area contributed by atoms with E-state index in [4.69, 9.17) is 11.6 Å². The van der Waals surface area contributed by atoms with E-state index >= 15 is 0 Å². The van der Waals surface area contributed by atoms with Gasteiger partial charge in [0.05, 0.1) is 22.4 Å². The molecule has 2 rings (SSSR count). The van der Waals surface area contributed by atoms with Crippen molar-refractivity contribution in [2.75, 3.05) is 0 Å². The third kappa shape index (κ3) is 2.81. The molecule has 108 valence electrons. The molecule has 0 unspecified atom stereocenters. The third-order valence-electron chi connectivity index (χ3n) is 3.09. The average molecular weight is 360 g/mol. The molecule has 0 fully saturated rings. The van der Waals surface area contributed by atoms with E-state index in [1.54, 1.807) is 9.25 Å². The van der Waals surface area contributed by atoms with Crippen molar-refractivity contribution in [1.82, 2.24) is 19.3 Å². The minimum absolute atomic E-state index is 0.106. The lowest BCUT2D eigenvalue weighted by atomic mass is 10.2. The molecule has 0 atom stereocenters. The number of aromatic nitrogens is 4. The maximum absolute atomic E-state index is 12.2. The molecule has 7 heteroatoms. The van der Waals surface area contributed by atoms with E-state index in [0.717, 1.165) is 15.9 Å². The lowest BCUT2D eigenvalue weighted by molar-refractivity contribution is 0.589. The van der Waals surface area contributed by atoms with E-state index in [1.165, 1.54) is 6.07 Å². The molecule has 0 radical (unpaired) electrons. The quantitative estimate of drug-likeness (QED) is 0.792. The highest BCUT2D eigenvalue weighted by molar-refractivity contribution is 9.10. The fraction of sp³-hybridized carbons (Fsp3) is 0.462. The van der Waals surface area contributed by atoms with Crippen molar-refractivity contribution in [2.24, 2.45) is 7.05 Å². The summed E-state index contributed by atoms with van der Waals surface area (Å²) in [5, 5.41) is 4.57. The van der Waals surface area contributed by atoms with E-state index < -0.39 is 0 Å². The first-order valence-electron chi connectivity index (χ1n) is 6.26. The molecular formula is C13H16BrClN4O. The number of rotatable bonds is 3. The summed E-state index contributed by atoms with van der Waals surface area (Å²) in [5.41, 5.74) is 1.67. The highest BCUT2D eigenvalue weighted by Gasteiger charge is 2.16. The largest absolute Gasteiger partial charge is 0.290 e. The first-order valence-corrected chi connectivity index (χ1v) is 7.43. The van der Waals surface area contributed by atoms with E-state index in [2.05, 4.69) is 26.0 Å². The van der Waals surface area contributed by atoms with Crippen LogP contribution in [-0.2, 0) is 13.6 Å². The molecule has 0 aliphatic rings. The summed E-state index contributed by atoms with van der Waals surface area (Å²) in [6, 6.07) is 1.34. The molecule has 0 saturated carbocycles. The van der Waals surface area contributed by atoms with Crippen molar-refractivity contribution in [3.05, 3.63) is 43.3 Å². The summed E-state index contributed by atoms with van der Waals surface area (Å²) in [5.74, 6) is 0.780. The second-order valence-electron chi connectivity index (χ2n) is 4.99. The number of nitrogens with zero attached hydrogens (tertiary/aromatic N) is 4. The Labute approximate surface area is 130 Å². The highest BCUT2D eigenvalue weighted by Crippen LogP contribution is 2.22. The lowest BCUT2D eigenvalue weighted by Gasteiger charge is -2.15. The Morgan fingerprint density at radius 3 is 2.60 bits per heavy atom. The van der Waals surface area contributed by atoms with Crippen molar-refractivity contribution in [2.45, 2.75) is 33.2 Å². The smallest absolute Gasteiger partial charge is 0.255 e. The molecule has 0 aliphatic heterocycles. The van der Waals surface area contributed by atoms with E-state index in [9.17, 15) is 4.79 Å². The highest BCUT2D eigenvalue weighted by atomic mass is 79.9. The van der Waals surface area contributed by atoms with Crippen molar-refractivity contribution < 1.29 is 0 Å². The first kappa shape index (κ1) is 15.3. The van der Waals surface area contributed by atoms with Crippen LogP contribution in [0.3, 0.4) is 0 Å². The van der Waals surface area contributed by atoms with Gasteiger partial charge in [-0.25, -0.2) is 4.98 Å². The summed E-state index contributed by atoms with van der Waals surface area (Å²) in [6.07, 6.45) is 0. The fourth-order valence-electron chi connectivity index (χ4n) is 2.10. The molecule has 0 spiro atoms. The van der Waals surface area contributed by atoms with Gasteiger partial charge in [0.1, 0.15) is 11.0 Å². The average Bonchev–Trinajstić information content (AvgIpc) is 2.58. The monoisotopic (exact) mass is 358 g/mol. The molecule has 0 amide bonds. The molecule has 0 aliphatic carbocycles. The maximum atomic E-state index is 12.2. The summed E-state index contributed by atoms with van der Waals surface area (Å²) in [4.78, 5) is 16.5. The molecule has 0 aromatic carbocycles. The van der Waals surface area contributed by atoms with Gasteiger partial charge in [0, 0.05) is 19.0 Å². The second kappa shape index (κ2) is 5.69. The predicted molar refractivity (Wildman–Crippen MR) is 82.3 cm³/mol. The molecule has 20 heavy (non-hydrogen) atoms. The van der Waals surface area contributed by atoms with Crippen LogP contribution < -0.4 is 5.56 Å². The van der Waals surface area contributed by atoms with Crippen LogP contribution in [0.25, 0.3) is 0 Å². The van der Waals surface area contributed by atoms with E-state index in [0.29, 0.717) is 12.4 Å². The molecule has 2 aromatic heterocycles. The molecule has 2 heterocycles. The Hall–Kier alpha value is -1.14. The van der Waals surface area contributed by atoms with Gasteiger partial charge in [0.25, 0.3) is 5.56 Å². The van der Waals surface area contributed by atoms with Crippen LogP contribution >= 0.6 is 27.5 Å². The van der Waals surface area contributed by atoms with Crippen molar-refractivity contribution >= 4 is 27.5 Å². The molecule has 0 bridgehead atoms. The van der Waals surface area contributed by atoms with Crippen LogP contribution in [0.5, 0.6) is 0 Å². The summed E-state index contributed by atoms with van der Waals surface area (Å²) in [6.45, 7) is 6.30. The summed E-state index contributed by atoms with van der Waals surface area (Å²) < 4.78 is 4.32. The first-order chi connectivity index (χ1) is 9.31. The minimum Gasteiger partial charge on any atom is -0.290 e. The second-order valence-corrected chi connectivity index (χ2v) is 6.17. The maximum Gasteiger partial charge on any atom is 0.255 e. The SMILES string of the molecule is Cc1nn(C)c(Cn2c(C(C)C)nc(Cl)cc2=O)c1Br. The van der Waals surface area contributed by atoms with Gasteiger partial charge in [-0.3, -0.25) is 14.0 Å². The topological polar surface area (TPSA) is 52.7 Å². The summed E-state index contributed by atoms with van der Waals surface area (Å²) in [7, 11) is 1.86. The molecule has 5 nitrogen and oxygen atoms in total. The Morgan fingerprint density at radius 1 is 1.45 bits per heavy atom. The number of hydrogen-bond donors (Lipinski definition) is 0. The van der Waals surface area contributed by atoms with Crippen molar-refractivity contribution in [1.29, 1.82) is 0 Å². The van der Waals surface area contributed by atoms with Gasteiger partial charge in [-0.15, -0.1) is 0 Å². The van der Waals surface area contributed by atoms with Crippen LogP contribution in [0.15, 0.2) is 15.3 Å². The third-order valence-corrected chi connectivity index (χ3v) is 4.32. The van der Waals surface area contributed by atoms with Gasteiger partial charge in [-0.1, -0.05) is 25.4 Å². The van der Waals surface area contributed by atoms with Crippen LogP contribution in [0.4, 0.5) is 0 Å². The zero-order valence-corrected chi connectivity index (χ0v) is 14.2. The predicted octanol–water partition coefficient (Wildman–Crippen LogP) is 2.87. The van der Waals surface area contributed by atoms with Crippen molar-refractivity contribution in [3.8, 4) is 0 Å². The Balaban J connectivity index is 2.56. The summed E-state index contributed by atoms with van der Waals surface area (Å²) >= 11 is 9.40. The number of halogens is 2. The van der Waals surface area contributed by atoms with Crippen LogP contribution in [0, 0.1) is 6.92 Å². The van der Waals surface area contributed by atoms with Gasteiger partial charge in [-0.05, 0) is 22.9 Å². The normalized spacial score (nSPS) is 11.3. The van der Waals surface area contributed by atoms with E-state index in [-0.39, 0.29) is 16.6 Å². The van der Waals surface area contributed by atoms with Crippen molar-refractivity contribution in [3.63, 3.8) is 0 Å². The minimum atomic E-state index is -0.153. The Morgan fingerprint density at radius 2 is 2.10 bits per heavy atom. The molecule has 2 aromatic rings. The molecule has 0 saturated heterocycles.